The summed E-state index contributed by atoms with van der Waals surface area (Å²) in [6.07, 6.45) is 1.71. The molecular formula is C7H11NO3. The molecule has 4 nitrogen and oxygen atoms in total. The molecule has 1 amide bonds. The lowest BCUT2D eigenvalue weighted by molar-refractivity contribution is 0.121. The van der Waals surface area contributed by atoms with Gasteiger partial charge in [-0.25, -0.2) is 4.79 Å². The van der Waals surface area contributed by atoms with Crippen molar-refractivity contribution in [2.45, 2.75) is 18.4 Å². The Kier molecular flexibility index (Phi) is 1.32. The summed E-state index contributed by atoms with van der Waals surface area (Å²) < 4.78 is 5.10. The highest BCUT2D eigenvalue weighted by Crippen LogP contribution is 2.44. The highest BCUT2D eigenvalue weighted by molar-refractivity contribution is 5.71. The van der Waals surface area contributed by atoms with Gasteiger partial charge in [0.2, 0.25) is 0 Å². The molecule has 0 unspecified atom stereocenters. The summed E-state index contributed by atoms with van der Waals surface area (Å²) >= 11 is 0. The summed E-state index contributed by atoms with van der Waals surface area (Å²) in [7, 11) is 0. The van der Waals surface area contributed by atoms with E-state index < -0.39 is 0 Å². The summed E-state index contributed by atoms with van der Waals surface area (Å²) in [4.78, 5) is 12.6. The maximum absolute atomic E-state index is 11.0. The molecule has 62 valence electrons. The fraction of sp³-hybridized carbons (Fsp3) is 0.857. The minimum Gasteiger partial charge on any atom is -0.441 e. The van der Waals surface area contributed by atoms with Gasteiger partial charge in [0.05, 0.1) is 13.2 Å². The molecule has 2 aliphatic rings. The second-order valence-electron chi connectivity index (χ2n) is 3.20. The third-order valence-corrected chi connectivity index (χ3v) is 2.22. The lowest BCUT2D eigenvalue weighted by atomic mass is 10.3. The zero-order chi connectivity index (χ0) is 7.90. The first-order chi connectivity index (χ1) is 5.26. The average molecular weight is 157 g/mol. The highest BCUT2D eigenvalue weighted by atomic mass is 16.6. The molecular weight excluding hydrogens is 146 g/mol. The Morgan fingerprint density at radius 1 is 1.64 bits per heavy atom. The van der Waals surface area contributed by atoms with E-state index in [0.717, 1.165) is 12.8 Å². The fourth-order valence-electron chi connectivity index (χ4n) is 1.39. The van der Waals surface area contributed by atoms with Crippen LogP contribution in [0.25, 0.3) is 0 Å². The van der Waals surface area contributed by atoms with E-state index in [1.165, 1.54) is 0 Å². The molecule has 0 aromatic carbocycles. The molecule has 0 aromatic rings. The van der Waals surface area contributed by atoms with Crippen LogP contribution in [0, 0.1) is 0 Å². The molecule has 11 heavy (non-hydrogen) atoms. The Balaban J connectivity index is 1.97. The van der Waals surface area contributed by atoms with Gasteiger partial charge in [0.25, 0.3) is 0 Å². The Hall–Kier alpha value is -0.770. The van der Waals surface area contributed by atoms with E-state index in [1.54, 1.807) is 4.90 Å². The minimum atomic E-state index is -0.267. The smallest absolute Gasteiger partial charge is 0.410 e. The number of rotatable bonds is 2. The van der Waals surface area contributed by atoms with Crippen molar-refractivity contribution in [3.05, 3.63) is 0 Å². The van der Waals surface area contributed by atoms with Gasteiger partial charge in [0, 0.05) is 6.54 Å². The summed E-state index contributed by atoms with van der Waals surface area (Å²) in [5, 5.41) is 8.59. The van der Waals surface area contributed by atoms with E-state index in [4.69, 9.17) is 9.84 Å². The van der Waals surface area contributed by atoms with Crippen molar-refractivity contribution in [2.75, 3.05) is 19.7 Å². The highest BCUT2D eigenvalue weighted by Gasteiger charge is 2.54. The van der Waals surface area contributed by atoms with Crippen molar-refractivity contribution < 1.29 is 14.6 Å². The van der Waals surface area contributed by atoms with Crippen molar-refractivity contribution >= 4 is 6.09 Å². The second-order valence-corrected chi connectivity index (χ2v) is 3.20. The summed E-state index contributed by atoms with van der Waals surface area (Å²) in [6.45, 7) is 1.10. The summed E-state index contributed by atoms with van der Waals surface area (Å²) in [5.41, 5.74) is -0.147. The predicted molar refractivity (Wildman–Crippen MR) is 37.1 cm³/mol. The predicted octanol–water partition coefficient (Wildman–Crippen LogP) is -0.0365. The molecule has 1 aliphatic carbocycles. The van der Waals surface area contributed by atoms with Gasteiger partial charge in [0.15, 0.2) is 0 Å². The van der Waals surface area contributed by atoms with E-state index >= 15 is 0 Å². The van der Waals surface area contributed by atoms with Gasteiger partial charge in [0.1, 0.15) is 5.60 Å². The van der Waals surface area contributed by atoms with Crippen LogP contribution in [-0.2, 0) is 4.74 Å². The van der Waals surface area contributed by atoms with Crippen LogP contribution in [0.5, 0.6) is 0 Å². The number of amides is 1. The molecule has 0 aromatic heterocycles. The molecule has 1 spiro atoms. The fourth-order valence-corrected chi connectivity index (χ4v) is 1.39. The average Bonchev–Trinajstić information content (AvgIpc) is 2.61. The van der Waals surface area contributed by atoms with Crippen LogP contribution < -0.4 is 0 Å². The number of ether oxygens (including phenoxy) is 1. The summed E-state index contributed by atoms with van der Waals surface area (Å²) in [6, 6.07) is 0. The van der Waals surface area contributed by atoms with Crippen LogP contribution in [-0.4, -0.2) is 41.4 Å². The number of hydrogen-bond acceptors (Lipinski definition) is 3. The van der Waals surface area contributed by atoms with Gasteiger partial charge < -0.3 is 14.7 Å². The molecule has 4 heteroatoms. The standard InChI is InChI=1S/C7H11NO3/c9-4-3-8-5-7(1-2-7)11-6(8)10/h9H,1-5H2. The van der Waals surface area contributed by atoms with Crippen LogP contribution in [0.2, 0.25) is 0 Å². The number of β-amino-alcohol motifs (C(OH)–C–C–N with tert-alkyl or cyclic N) is 1. The van der Waals surface area contributed by atoms with E-state index in [0.29, 0.717) is 13.1 Å². The van der Waals surface area contributed by atoms with Crippen LogP contribution in [0.1, 0.15) is 12.8 Å². The van der Waals surface area contributed by atoms with Crippen LogP contribution >= 0.6 is 0 Å². The molecule has 1 saturated heterocycles. The number of aliphatic hydroxyl groups excluding tert-OH is 1. The lowest BCUT2D eigenvalue weighted by Gasteiger charge is -2.08. The number of nitrogens with zero attached hydrogens (tertiary/aromatic N) is 1. The van der Waals surface area contributed by atoms with Gasteiger partial charge in [-0.15, -0.1) is 0 Å². The molecule has 2 fully saturated rings. The molecule has 1 heterocycles. The van der Waals surface area contributed by atoms with Crippen LogP contribution in [0.15, 0.2) is 0 Å². The van der Waals surface area contributed by atoms with Gasteiger partial charge in [-0.05, 0) is 12.8 Å². The number of hydrogen-bond donors (Lipinski definition) is 1. The molecule has 2 rings (SSSR count). The first-order valence-corrected chi connectivity index (χ1v) is 3.85. The summed E-state index contributed by atoms with van der Waals surface area (Å²) in [5.74, 6) is 0. The van der Waals surface area contributed by atoms with Crippen molar-refractivity contribution in [3.63, 3.8) is 0 Å². The van der Waals surface area contributed by atoms with Gasteiger partial charge >= 0.3 is 6.09 Å². The normalized spacial score (nSPS) is 25.9. The monoisotopic (exact) mass is 157 g/mol. The van der Waals surface area contributed by atoms with Crippen LogP contribution in [0.4, 0.5) is 4.79 Å². The Morgan fingerprint density at radius 2 is 2.36 bits per heavy atom. The largest absolute Gasteiger partial charge is 0.441 e. The van der Waals surface area contributed by atoms with Crippen molar-refractivity contribution in [1.29, 1.82) is 0 Å². The van der Waals surface area contributed by atoms with Gasteiger partial charge in [-0.3, -0.25) is 0 Å². The molecule has 1 saturated carbocycles. The number of carbonyl (C=O) groups is 1. The van der Waals surface area contributed by atoms with E-state index in [1.807, 2.05) is 0 Å². The van der Waals surface area contributed by atoms with Crippen molar-refractivity contribution in [3.8, 4) is 0 Å². The van der Waals surface area contributed by atoms with Gasteiger partial charge in [-0.2, -0.15) is 0 Å². The maximum Gasteiger partial charge on any atom is 0.410 e. The van der Waals surface area contributed by atoms with Crippen molar-refractivity contribution in [2.24, 2.45) is 0 Å². The third kappa shape index (κ3) is 1.07. The first kappa shape index (κ1) is 6.91. The zero-order valence-corrected chi connectivity index (χ0v) is 6.25. The molecule has 0 atom stereocenters. The lowest BCUT2D eigenvalue weighted by Crippen LogP contribution is -2.28. The van der Waals surface area contributed by atoms with E-state index in [-0.39, 0.29) is 18.3 Å². The van der Waals surface area contributed by atoms with Crippen molar-refractivity contribution in [1.82, 2.24) is 4.90 Å². The number of carbonyl (C=O) groups excluding carboxylic acids is 1. The second kappa shape index (κ2) is 2.11. The van der Waals surface area contributed by atoms with Gasteiger partial charge in [-0.1, -0.05) is 0 Å². The Bertz CT molecular complexity index is 188. The zero-order valence-electron chi connectivity index (χ0n) is 6.25. The topological polar surface area (TPSA) is 49.8 Å². The maximum atomic E-state index is 11.0. The molecule has 0 radical (unpaired) electrons. The molecule has 0 bridgehead atoms. The van der Waals surface area contributed by atoms with E-state index in [2.05, 4.69) is 0 Å². The Morgan fingerprint density at radius 3 is 2.82 bits per heavy atom. The Labute approximate surface area is 64.7 Å². The molecule has 1 N–H and O–H groups in total. The quantitative estimate of drug-likeness (QED) is 0.612. The third-order valence-electron chi connectivity index (χ3n) is 2.22. The number of aliphatic hydroxyl groups is 1. The first-order valence-electron chi connectivity index (χ1n) is 3.85. The molecule has 1 aliphatic heterocycles. The van der Waals surface area contributed by atoms with Crippen LogP contribution in [0.3, 0.4) is 0 Å². The minimum absolute atomic E-state index is 0.0190. The van der Waals surface area contributed by atoms with E-state index in [9.17, 15) is 4.79 Å². The SMILES string of the molecule is O=C1OC2(CC2)CN1CCO.